The number of methoxy groups -OCH3 is 1. The molecule has 3 rings (SSSR count). The third-order valence-corrected chi connectivity index (χ3v) is 4.23. The summed E-state index contributed by atoms with van der Waals surface area (Å²) in [7, 11) is 1.66. The van der Waals surface area contributed by atoms with E-state index >= 15 is 0 Å². The molecule has 1 aliphatic rings. The standard InChI is InChI=1S/C19H22ClNO3/c1-22-13-15-11-16(20)7-8-17(15)24-19(14-5-3-2-4-6-14)18-12-21-9-10-23-18/h2-8,11,18-19,21H,9-10,12-13H2,1H3. The van der Waals surface area contributed by atoms with Crippen molar-refractivity contribution in [2.45, 2.75) is 18.8 Å². The Bertz CT molecular complexity index is 644. The predicted octanol–water partition coefficient (Wildman–Crippen LogP) is 3.59. The number of hydrogen-bond acceptors (Lipinski definition) is 4. The highest BCUT2D eigenvalue weighted by Crippen LogP contribution is 2.31. The Kier molecular flexibility index (Phi) is 6.10. The van der Waals surface area contributed by atoms with Crippen molar-refractivity contribution in [3.63, 3.8) is 0 Å². The molecule has 1 fully saturated rings. The average Bonchev–Trinajstić information content (AvgIpc) is 2.63. The van der Waals surface area contributed by atoms with Gasteiger partial charge in [0, 0.05) is 30.8 Å². The molecule has 0 bridgehead atoms. The summed E-state index contributed by atoms with van der Waals surface area (Å²) in [6.07, 6.45) is -0.247. The van der Waals surface area contributed by atoms with E-state index in [9.17, 15) is 0 Å². The summed E-state index contributed by atoms with van der Waals surface area (Å²) < 4.78 is 17.6. The number of hydrogen-bond donors (Lipinski definition) is 1. The normalized spacial score (nSPS) is 19.0. The Morgan fingerprint density at radius 2 is 2.08 bits per heavy atom. The number of halogens is 1. The van der Waals surface area contributed by atoms with Gasteiger partial charge in [-0.2, -0.15) is 0 Å². The van der Waals surface area contributed by atoms with Gasteiger partial charge in [-0.05, 0) is 23.8 Å². The number of ether oxygens (including phenoxy) is 3. The Morgan fingerprint density at radius 1 is 1.25 bits per heavy atom. The van der Waals surface area contributed by atoms with E-state index in [4.69, 9.17) is 25.8 Å². The molecule has 5 heteroatoms. The van der Waals surface area contributed by atoms with Crippen molar-refractivity contribution in [1.29, 1.82) is 0 Å². The molecule has 1 aliphatic heterocycles. The van der Waals surface area contributed by atoms with Gasteiger partial charge in [0.05, 0.1) is 13.2 Å². The maximum absolute atomic E-state index is 6.38. The molecule has 0 aliphatic carbocycles. The topological polar surface area (TPSA) is 39.7 Å². The SMILES string of the molecule is COCc1cc(Cl)ccc1OC(c1ccccc1)C1CNCCO1. The van der Waals surface area contributed by atoms with Gasteiger partial charge in [0.15, 0.2) is 6.10 Å². The minimum Gasteiger partial charge on any atom is -0.483 e. The zero-order valence-electron chi connectivity index (χ0n) is 13.7. The summed E-state index contributed by atoms with van der Waals surface area (Å²) in [5.74, 6) is 0.768. The van der Waals surface area contributed by atoms with Crippen molar-refractivity contribution >= 4 is 11.6 Å². The zero-order chi connectivity index (χ0) is 16.8. The summed E-state index contributed by atoms with van der Waals surface area (Å²) in [6, 6.07) is 15.8. The summed E-state index contributed by atoms with van der Waals surface area (Å²) in [5.41, 5.74) is 2.01. The van der Waals surface area contributed by atoms with E-state index in [0.717, 1.165) is 30.0 Å². The molecule has 0 amide bonds. The zero-order valence-corrected chi connectivity index (χ0v) is 14.5. The largest absolute Gasteiger partial charge is 0.483 e. The first-order valence-electron chi connectivity index (χ1n) is 8.09. The molecule has 2 unspecified atom stereocenters. The summed E-state index contributed by atoms with van der Waals surface area (Å²) in [5, 5.41) is 4.04. The molecule has 2 atom stereocenters. The summed E-state index contributed by atoms with van der Waals surface area (Å²) in [4.78, 5) is 0. The van der Waals surface area contributed by atoms with Gasteiger partial charge in [-0.15, -0.1) is 0 Å². The molecule has 2 aromatic carbocycles. The first kappa shape index (κ1) is 17.2. The average molecular weight is 348 g/mol. The van der Waals surface area contributed by atoms with Crippen molar-refractivity contribution in [2.24, 2.45) is 0 Å². The van der Waals surface area contributed by atoms with Crippen LogP contribution in [-0.2, 0) is 16.1 Å². The fraction of sp³-hybridized carbons (Fsp3) is 0.368. The number of rotatable bonds is 6. The van der Waals surface area contributed by atoms with Crippen LogP contribution in [0.15, 0.2) is 48.5 Å². The molecule has 1 saturated heterocycles. The van der Waals surface area contributed by atoms with Crippen LogP contribution >= 0.6 is 11.6 Å². The van der Waals surface area contributed by atoms with Crippen LogP contribution in [0.2, 0.25) is 5.02 Å². The third kappa shape index (κ3) is 4.28. The number of nitrogens with one attached hydrogen (secondary N) is 1. The molecular weight excluding hydrogens is 326 g/mol. The molecule has 1 N–H and O–H groups in total. The van der Waals surface area contributed by atoms with Crippen LogP contribution in [0.4, 0.5) is 0 Å². The maximum atomic E-state index is 6.38. The lowest BCUT2D eigenvalue weighted by Gasteiger charge is -2.32. The maximum Gasteiger partial charge on any atom is 0.151 e. The van der Waals surface area contributed by atoms with Gasteiger partial charge in [0.2, 0.25) is 0 Å². The highest BCUT2D eigenvalue weighted by molar-refractivity contribution is 6.30. The van der Waals surface area contributed by atoms with Crippen molar-refractivity contribution in [2.75, 3.05) is 26.8 Å². The second-order valence-electron chi connectivity index (χ2n) is 5.75. The molecule has 0 aromatic heterocycles. The van der Waals surface area contributed by atoms with Crippen LogP contribution in [0.3, 0.4) is 0 Å². The lowest BCUT2D eigenvalue weighted by Crippen LogP contribution is -2.43. The minimum atomic E-state index is -0.198. The summed E-state index contributed by atoms with van der Waals surface area (Å²) in [6.45, 7) is 2.75. The van der Waals surface area contributed by atoms with E-state index in [2.05, 4.69) is 17.4 Å². The minimum absolute atomic E-state index is 0.0489. The van der Waals surface area contributed by atoms with Crippen molar-refractivity contribution in [3.8, 4) is 5.75 Å². The van der Waals surface area contributed by atoms with E-state index in [1.54, 1.807) is 7.11 Å². The monoisotopic (exact) mass is 347 g/mol. The van der Waals surface area contributed by atoms with Gasteiger partial charge in [-0.25, -0.2) is 0 Å². The van der Waals surface area contributed by atoms with Crippen molar-refractivity contribution in [3.05, 3.63) is 64.7 Å². The highest BCUT2D eigenvalue weighted by Gasteiger charge is 2.28. The molecule has 128 valence electrons. The molecule has 0 saturated carbocycles. The van der Waals surface area contributed by atoms with Gasteiger partial charge in [0.1, 0.15) is 11.9 Å². The second kappa shape index (κ2) is 8.49. The molecule has 0 radical (unpaired) electrons. The Balaban J connectivity index is 1.89. The molecule has 24 heavy (non-hydrogen) atoms. The van der Waals surface area contributed by atoms with Crippen molar-refractivity contribution < 1.29 is 14.2 Å². The van der Waals surface area contributed by atoms with Crippen LogP contribution in [0.5, 0.6) is 5.75 Å². The molecular formula is C19H22ClNO3. The lowest BCUT2D eigenvalue weighted by atomic mass is 10.0. The molecule has 2 aromatic rings. The third-order valence-electron chi connectivity index (χ3n) is 4.00. The van der Waals surface area contributed by atoms with E-state index < -0.39 is 0 Å². The second-order valence-corrected chi connectivity index (χ2v) is 6.18. The van der Waals surface area contributed by atoms with E-state index in [1.165, 1.54) is 0 Å². The summed E-state index contributed by atoms with van der Waals surface area (Å²) >= 11 is 6.11. The fourth-order valence-electron chi connectivity index (χ4n) is 2.85. The first-order chi connectivity index (χ1) is 11.8. The molecule has 1 heterocycles. The van der Waals surface area contributed by atoms with Gasteiger partial charge < -0.3 is 19.5 Å². The van der Waals surface area contributed by atoms with Crippen molar-refractivity contribution in [1.82, 2.24) is 5.32 Å². The van der Waals surface area contributed by atoms with E-state index in [0.29, 0.717) is 18.2 Å². The first-order valence-corrected chi connectivity index (χ1v) is 8.47. The molecule has 4 nitrogen and oxygen atoms in total. The Hall–Kier alpha value is -1.59. The number of morpholine rings is 1. The predicted molar refractivity (Wildman–Crippen MR) is 94.6 cm³/mol. The Morgan fingerprint density at radius 3 is 2.79 bits per heavy atom. The quantitative estimate of drug-likeness (QED) is 0.866. The van der Waals surface area contributed by atoms with E-state index in [1.807, 2.05) is 36.4 Å². The van der Waals surface area contributed by atoms with Crippen LogP contribution in [-0.4, -0.2) is 32.9 Å². The van der Waals surface area contributed by atoms with Crippen LogP contribution in [0, 0.1) is 0 Å². The van der Waals surface area contributed by atoms with Gasteiger partial charge in [-0.1, -0.05) is 41.9 Å². The molecule has 0 spiro atoms. The highest BCUT2D eigenvalue weighted by atomic mass is 35.5. The van der Waals surface area contributed by atoms with Gasteiger partial charge >= 0.3 is 0 Å². The smallest absolute Gasteiger partial charge is 0.151 e. The van der Waals surface area contributed by atoms with Crippen LogP contribution < -0.4 is 10.1 Å². The lowest BCUT2D eigenvalue weighted by molar-refractivity contribution is -0.0438. The fourth-order valence-corrected chi connectivity index (χ4v) is 3.04. The van der Waals surface area contributed by atoms with Crippen LogP contribution in [0.1, 0.15) is 17.2 Å². The Labute approximate surface area is 147 Å². The van der Waals surface area contributed by atoms with Crippen LogP contribution in [0.25, 0.3) is 0 Å². The number of benzene rings is 2. The van der Waals surface area contributed by atoms with Gasteiger partial charge in [0.25, 0.3) is 0 Å². The van der Waals surface area contributed by atoms with Gasteiger partial charge in [-0.3, -0.25) is 0 Å². The van der Waals surface area contributed by atoms with E-state index in [-0.39, 0.29) is 12.2 Å².